The van der Waals surface area contributed by atoms with Gasteiger partial charge < -0.3 is 20.3 Å². The first-order valence-corrected chi connectivity index (χ1v) is 6.88. The molecule has 1 amide bonds. The van der Waals surface area contributed by atoms with Crippen molar-refractivity contribution in [3.63, 3.8) is 0 Å². The molecule has 0 aliphatic carbocycles. The molecule has 1 atom stereocenters. The zero-order chi connectivity index (χ0) is 14.4. The van der Waals surface area contributed by atoms with E-state index in [1.807, 2.05) is 0 Å². The molecule has 0 bridgehead atoms. The quantitative estimate of drug-likeness (QED) is 0.844. The number of carbonyl (C=O) groups excluding carboxylic acids is 1. The van der Waals surface area contributed by atoms with Crippen molar-refractivity contribution in [2.45, 2.75) is 25.8 Å². The highest BCUT2D eigenvalue weighted by Crippen LogP contribution is 2.18. The Balaban J connectivity index is 1.93. The lowest BCUT2D eigenvalue weighted by molar-refractivity contribution is 0.167. The normalized spacial score (nSPS) is 17.9. The molecule has 2 heterocycles. The van der Waals surface area contributed by atoms with Gasteiger partial charge in [-0.15, -0.1) is 0 Å². The van der Waals surface area contributed by atoms with E-state index in [1.165, 1.54) is 7.11 Å². The van der Waals surface area contributed by atoms with E-state index in [4.69, 9.17) is 0 Å². The maximum atomic E-state index is 11.2. The smallest absolute Gasteiger partial charge is 0.407 e. The molecule has 1 aromatic rings. The third-order valence-electron chi connectivity index (χ3n) is 3.20. The van der Waals surface area contributed by atoms with E-state index in [1.54, 1.807) is 12.4 Å². The minimum atomic E-state index is -0.388. The molecule has 2 rings (SSSR count). The Morgan fingerprint density at radius 3 is 3.15 bits per heavy atom. The molecule has 7 nitrogen and oxygen atoms in total. The Kier molecular flexibility index (Phi) is 4.97. The average molecular weight is 279 g/mol. The summed E-state index contributed by atoms with van der Waals surface area (Å²) in [6, 6.07) is 0.0940. The van der Waals surface area contributed by atoms with Gasteiger partial charge in [0, 0.05) is 19.6 Å². The van der Waals surface area contributed by atoms with Crippen LogP contribution in [0.3, 0.4) is 0 Å². The number of hydrogen-bond donors (Lipinski definition) is 2. The lowest BCUT2D eigenvalue weighted by Gasteiger charge is -2.18. The number of hydrogen-bond acceptors (Lipinski definition) is 6. The van der Waals surface area contributed by atoms with Crippen LogP contribution in [0.15, 0.2) is 12.4 Å². The molecule has 1 fully saturated rings. The molecule has 1 unspecified atom stereocenters. The average Bonchev–Trinajstić information content (AvgIpc) is 2.93. The monoisotopic (exact) mass is 279 g/mol. The Bertz CT molecular complexity index is 454. The summed E-state index contributed by atoms with van der Waals surface area (Å²) < 4.78 is 4.61. The van der Waals surface area contributed by atoms with Gasteiger partial charge in [0.05, 0.1) is 25.5 Å². The van der Waals surface area contributed by atoms with Crippen LogP contribution in [0, 0.1) is 0 Å². The topological polar surface area (TPSA) is 79.4 Å². The van der Waals surface area contributed by atoms with Crippen molar-refractivity contribution < 1.29 is 9.53 Å². The summed E-state index contributed by atoms with van der Waals surface area (Å²) in [6.07, 6.45) is 5.00. The summed E-state index contributed by atoms with van der Waals surface area (Å²) in [5.41, 5.74) is 0. The summed E-state index contributed by atoms with van der Waals surface area (Å²) in [6.45, 7) is 4.56. The fourth-order valence-electron chi connectivity index (χ4n) is 2.16. The molecule has 1 aliphatic rings. The van der Waals surface area contributed by atoms with E-state index in [2.05, 4.69) is 37.2 Å². The lowest BCUT2D eigenvalue weighted by Crippen LogP contribution is -2.37. The molecule has 110 valence electrons. The van der Waals surface area contributed by atoms with Crippen LogP contribution >= 0.6 is 0 Å². The minimum Gasteiger partial charge on any atom is -0.453 e. The van der Waals surface area contributed by atoms with E-state index in [0.717, 1.165) is 44.1 Å². The first-order valence-electron chi connectivity index (χ1n) is 6.88. The van der Waals surface area contributed by atoms with Crippen molar-refractivity contribution in [3.05, 3.63) is 12.4 Å². The summed E-state index contributed by atoms with van der Waals surface area (Å²) in [5, 5.41) is 6.03. The summed E-state index contributed by atoms with van der Waals surface area (Å²) in [4.78, 5) is 22.0. The highest BCUT2D eigenvalue weighted by atomic mass is 16.5. The van der Waals surface area contributed by atoms with Gasteiger partial charge in [-0.05, 0) is 12.8 Å². The maximum absolute atomic E-state index is 11.2. The molecule has 7 heteroatoms. The lowest BCUT2D eigenvalue weighted by atomic mass is 10.3. The van der Waals surface area contributed by atoms with Crippen LogP contribution in [-0.4, -0.2) is 48.8 Å². The highest BCUT2D eigenvalue weighted by Gasteiger charge is 2.25. The fourth-order valence-corrected chi connectivity index (χ4v) is 2.16. The van der Waals surface area contributed by atoms with Gasteiger partial charge in [-0.1, -0.05) is 6.92 Å². The number of ether oxygens (including phenoxy) is 1. The van der Waals surface area contributed by atoms with Crippen molar-refractivity contribution in [1.29, 1.82) is 0 Å². The molecule has 1 saturated heterocycles. The van der Waals surface area contributed by atoms with Crippen molar-refractivity contribution >= 4 is 17.7 Å². The Morgan fingerprint density at radius 1 is 1.55 bits per heavy atom. The molecule has 0 spiro atoms. The summed E-state index contributed by atoms with van der Waals surface area (Å²) in [7, 11) is 1.37. The van der Waals surface area contributed by atoms with Crippen molar-refractivity contribution in [1.82, 2.24) is 15.3 Å². The van der Waals surface area contributed by atoms with Crippen LogP contribution in [0.25, 0.3) is 0 Å². The Morgan fingerprint density at radius 2 is 2.40 bits per heavy atom. The van der Waals surface area contributed by atoms with Gasteiger partial charge >= 0.3 is 6.09 Å². The molecule has 2 N–H and O–H groups in total. The predicted octanol–water partition coefficient (Wildman–Crippen LogP) is 1.23. The van der Waals surface area contributed by atoms with Crippen LogP contribution in [0.4, 0.5) is 16.4 Å². The summed E-state index contributed by atoms with van der Waals surface area (Å²) in [5.74, 6) is 1.62. The number of nitrogens with one attached hydrogen (secondary N) is 2. The number of rotatable bonds is 5. The van der Waals surface area contributed by atoms with Gasteiger partial charge in [-0.25, -0.2) is 9.78 Å². The number of anilines is 2. The standard InChI is InChI=1S/C13H21N5O2/c1-3-5-15-11-7-14-8-12(17-11)18-6-4-10(9-18)16-13(19)20-2/h7-8,10H,3-6,9H2,1-2H3,(H,15,17)(H,16,19). The fraction of sp³-hybridized carbons (Fsp3) is 0.615. The molecule has 0 saturated carbocycles. The van der Waals surface area contributed by atoms with E-state index in [9.17, 15) is 4.79 Å². The maximum Gasteiger partial charge on any atom is 0.407 e. The first-order chi connectivity index (χ1) is 9.72. The molecule has 0 aromatic carbocycles. The summed E-state index contributed by atoms with van der Waals surface area (Å²) >= 11 is 0. The van der Waals surface area contributed by atoms with Crippen molar-refractivity contribution in [2.75, 3.05) is 37.0 Å². The second-order valence-corrected chi connectivity index (χ2v) is 4.76. The van der Waals surface area contributed by atoms with Gasteiger partial charge in [0.15, 0.2) is 0 Å². The highest BCUT2D eigenvalue weighted by molar-refractivity contribution is 5.67. The van der Waals surface area contributed by atoms with E-state index in [-0.39, 0.29) is 12.1 Å². The Labute approximate surface area is 118 Å². The third kappa shape index (κ3) is 3.72. The van der Waals surface area contributed by atoms with Crippen LogP contribution in [0.2, 0.25) is 0 Å². The largest absolute Gasteiger partial charge is 0.453 e. The predicted molar refractivity (Wildman–Crippen MR) is 77.0 cm³/mol. The van der Waals surface area contributed by atoms with Gasteiger partial charge in [-0.3, -0.25) is 4.98 Å². The minimum absolute atomic E-state index is 0.0940. The molecule has 1 aliphatic heterocycles. The van der Waals surface area contributed by atoms with Crippen molar-refractivity contribution in [3.8, 4) is 0 Å². The third-order valence-corrected chi connectivity index (χ3v) is 3.20. The van der Waals surface area contributed by atoms with Gasteiger partial charge in [-0.2, -0.15) is 0 Å². The van der Waals surface area contributed by atoms with Crippen LogP contribution < -0.4 is 15.5 Å². The zero-order valence-corrected chi connectivity index (χ0v) is 11.9. The van der Waals surface area contributed by atoms with Crippen LogP contribution in [-0.2, 0) is 4.74 Å². The number of carbonyl (C=O) groups is 1. The Hall–Kier alpha value is -2.05. The van der Waals surface area contributed by atoms with E-state index in [0.29, 0.717) is 0 Å². The number of nitrogens with zero attached hydrogens (tertiary/aromatic N) is 3. The van der Waals surface area contributed by atoms with Crippen molar-refractivity contribution in [2.24, 2.45) is 0 Å². The number of methoxy groups -OCH3 is 1. The molecule has 0 radical (unpaired) electrons. The van der Waals surface area contributed by atoms with Crippen LogP contribution in [0.1, 0.15) is 19.8 Å². The van der Waals surface area contributed by atoms with Gasteiger partial charge in [0.1, 0.15) is 11.6 Å². The molecular weight excluding hydrogens is 258 g/mol. The number of alkyl carbamates (subject to hydrolysis) is 1. The first kappa shape index (κ1) is 14.4. The van der Waals surface area contributed by atoms with E-state index >= 15 is 0 Å². The van der Waals surface area contributed by atoms with Crippen LogP contribution in [0.5, 0.6) is 0 Å². The number of amides is 1. The van der Waals surface area contributed by atoms with E-state index < -0.39 is 0 Å². The SMILES string of the molecule is CCCNc1cncc(N2CCC(NC(=O)OC)C2)n1. The molecular formula is C13H21N5O2. The second-order valence-electron chi connectivity index (χ2n) is 4.76. The number of aromatic nitrogens is 2. The molecule has 20 heavy (non-hydrogen) atoms. The second kappa shape index (κ2) is 6.93. The van der Waals surface area contributed by atoms with Gasteiger partial charge in [0.2, 0.25) is 0 Å². The molecule has 1 aromatic heterocycles. The van der Waals surface area contributed by atoms with Gasteiger partial charge in [0.25, 0.3) is 0 Å². The zero-order valence-electron chi connectivity index (χ0n) is 11.9.